The van der Waals surface area contributed by atoms with E-state index in [9.17, 15) is 13.8 Å². The number of benzene rings is 2. The summed E-state index contributed by atoms with van der Waals surface area (Å²) in [4.78, 5) is 29.6. The van der Waals surface area contributed by atoms with Crippen LogP contribution in [0.25, 0.3) is 11.1 Å². The highest BCUT2D eigenvalue weighted by Gasteiger charge is 2.30. The SMILES string of the molecule is [2H]C([2H])([2H])NC(=O)c1cnc(NC(=O)C2CC2)cc1Nc1cccc(-c2ccc(S(C)(=N)=O)cc2)c1OC. The Bertz CT molecular complexity index is 1490. The molecule has 1 aliphatic carbocycles. The van der Waals surface area contributed by atoms with Crippen molar-refractivity contribution in [2.45, 2.75) is 17.7 Å². The van der Waals surface area contributed by atoms with Gasteiger partial charge in [0.15, 0.2) is 0 Å². The van der Waals surface area contributed by atoms with Gasteiger partial charge in [-0.25, -0.2) is 14.0 Å². The van der Waals surface area contributed by atoms with Crippen molar-refractivity contribution in [2.24, 2.45) is 5.92 Å². The summed E-state index contributed by atoms with van der Waals surface area (Å²) in [5, 5.41) is 7.81. The molecule has 4 rings (SSSR count). The Labute approximate surface area is 208 Å². The Morgan fingerprint density at radius 2 is 1.91 bits per heavy atom. The average Bonchev–Trinajstić information content (AvgIpc) is 3.68. The molecule has 0 bridgehead atoms. The number of nitrogens with zero attached hydrogens (tertiary/aromatic N) is 1. The van der Waals surface area contributed by atoms with E-state index in [2.05, 4.69) is 15.6 Å². The quantitative estimate of drug-likeness (QED) is 0.369. The molecule has 0 saturated heterocycles. The monoisotopic (exact) mass is 496 g/mol. The van der Waals surface area contributed by atoms with Gasteiger partial charge in [0.25, 0.3) is 5.91 Å². The topological polar surface area (TPSA) is 133 Å². The number of carbonyl (C=O) groups is 2. The lowest BCUT2D eigenvalue weighted by Crippen LogP contribution is -2.20. The van der Waals surface area contributed by atoms with Crippen LogP contribution in [-0.2, 0) is 14.5 Å². The zero-order valence-corrected chi connectivity index (χ0v) is 20.0. The molecule has 1 saturated carbocycles. The van der Waals surface area contributed by atoms with Gasteiger partial charge in [-0.2, -0.15) is 0 Å². The molecular formula is C25H27N5O4S. The Hall–Kier alpha value is -3.92. The molecular weight excluding hydrogens is 466 g/mol. The molecule has 0 spiro atoms. The third kappa shape index (κ3) is 5.43. The summed E-state index contributed by atoms with van der Waals surface area (Å²) in [6.45, 7) is -2.71. The van der Waals surface area contributed by atoms with E-state index in [0.29, 0.717) is 21.9 Å². The number of hydrogen-bond acceptors (Lipinski definition) is 7. The molecule has 3 aromatic rings. The van der Waals surface area contributed by atoms with Gasteiger partial charge in [0.05, 0.1) is 33.8 Å². The smallest absolute Gasteiger partial charge is 0.254 e. The fourth-order valence-corrected chi connectivity index (χ4v) is 4.23. The zero-order valence-electron chi connectivity index (χ0n) is 22.2. The summed E-state index contributed by atoms with van der Waals surface area (Å²) in [6, 6.07) is 13.5. The van der Waals surface area contributed by atoms with E-state index in [-0.39, 0.29) is 28.9 Å². The number of ether oxygens (including phenoxy) is 1. The normalized spacial score (nSPS) is 16.1. The van der Waals surface area contributed by atoms with Crippen LogP contribution >= 0.6 is 0 Å². The van der Waals surface area contributed by atoms with Crippen LogP contribution in [0, 0.1) is 10.7 Å². The van der Waals surface area contributed by atoms with Crippen molar-refractivity contribution >= 4 is 38.7 Å². The molecule has 1 atom stereocenters. The van der Waals surface area contributed by atoms with Gasteiger partial charge in [0.1, 0.15) is 11.6 Å². The molecule has 2 amide bonds. The van der Waals surface area contributed by atoms with Crippen LogP contribution in [0.2, 0.25) is 0 Å². The van der Waals surface area contributed by atoms with Crippen molar-refractivity contribution in [1.82, 2.24) is 10.3 Å². The van der Waals surface area contributed by atoms with Gasteiger partial charge < -0.3 is 20.7 Å². The molecule has 1 heterocycles. The third-order valence-corrected chi connectivity index (χ3v) is 6.74. The van der Waals surface area contributed by atoms with Gasteiger partial charge in [0.2, 0.25) is 5.91 Å². The van der Waals surface area contributed by atoms with Crippen LogP contribution < -0.4 is 20.7 Å². The average molecular weight is 497 g/mol. The molecule has 9 nitrogen and oxygen atoms in total. The van der Waals surface area contributed by atoms with Crippen molar-refractivity contribution in [3.05, 3.63) is 60.3 Å². The molecule has 1 unspecified atom stereocenters. The number of nitrogens with one attached hydrogen (secondary N) is 4. The zero-order chi connectivity index (χ0) is 27.7. The van der Waals surface area contributed by atoms with Crippen LogP contribution in [0.5, 0.6) is 5.75 Å². The van der Waals surface area contributed by atoms with Gasteiger partial charge >= 0.3 is 0 Å². The van der Waals surface area contributed by atoms with E-state index < -0.39 is 22.6 Å². The molecule has 0 radical (unpaired) electrons. The van der Waals surface area contributed by atoms with E-state index in [0.717, 1.165) is 18.4 Å². The lowest BCUT2D eigenvalue weighted by atomic mass is 10.0. The minimum absolute atomic E-state index is 0.0458. The first-order valence-electron chi connectivity index (χ1n) is 12.3. The fraction of sp³-hybridized carbons (Fsp3) is 0.240. The van der Waals surface area contributed by atoms with Crippen LogP contribution in [-0.4, -0.2) is 41.3 Å². The van der Waals surface area contributed by atoms with E-state index >= 15 is 0 Å². The fourth-order valence-electron chi connectivity index (χ4n) is 3.57. The first kappa shape index (κ1) is 20.5. The highest BCUT2D eigenvalue weighted by atomic mass is 32.2. The number of rotatable bonds is 8. The Balaban J connectivity index is 1.73. The largest absolute Gasteiger partial charge is 0.494 e. The van der Waals surface area contributed by atoms with Gasteiger partial charge in [0, 0.05) is 46.0 Å². The van der Waals surface area contributed by atoms with Gasteiger partial charge in [-0.15, -0.1) is 0 Å². The summed E-state index contributed by atoms with van der Waals surface area (Å²) < 4.78 is 47.7. The maximum absolute atomic E-state index is 12.8. The lowest BCUT2D eigenvalue weighted by Gasteiger charge is -2.18. The number of amides is 2. The highest BCUT2D eigenvalue weighted by molar-refractivity contribution is 7.91. The molecule has 2 aromatic carbocycles. The lowest BCUT2D eigenvalue weighted by molar-refractivity contribution is -0.117. The maximum Gasteiger partial charge on any atom is 0.254 e. The number of aromatic nitrogens is 1. The van der Waals surface area contributed by atoms with E-state index in [1.807, 2.05) is 11.4 Å². The second kappa shape index (κ2) is 9.75. The van der Waals surface area contributed by atoms with Crippen molar-refractivity contribution < 1.29 is 22.6 Å². The van der Waals surface area contributed by atoms with Crippen molar-refractivity contribution in [2.75, 3.05) is 31.0 Å². The second-order valence-corrected chi connectivity index (χ2v) is 10.4. The number of anilines is 3. The van der Waals surface area contributed by atoms with Crippen LogP contribution in [0.1, 0.15) is 27.3 Å². The van der Waals surface area contributed by atoms with Gasteiger partial charge in [-0.05, 0) is 36.6 Å². The summed E-state index contributed by atoms with van der Waals surface area (Å²) in [7, 11) is -1.38. The molecule has 1 fully saturated rings. The summed E-state index contributed by atoms with van der Waals surface area (Å²) >= 11 is 0. The number of carbonyl (C=O) groups excluding carboxylic acids is 2. The number of hydrogen-bond donors (Lipinski definition) is 4. The van der Waals surface area contributed by atoms with Gasteiger partial charge in [-0.3, -0.25) is 9.59 Å². The Kier molecular flexibility index (Phi) is 5.70. The molecule has 0 aliphatic heterocycles. The summed E-state index contributed by atoms with van der Waals surface area (Å²) in [5.41, 5.74) is 2.04. The Morgan fingerprint density at radius 3 is 2.54 bits per heavy atom. The maximum atomic E-state index is 12.8. The van der Waals surface area contributed by atoms with Gasteiger partial charge in [-0.1, -0.05) is 24.3 Å². The number of para-hydroxylation sites is 1. The third-order valence-electron chi connectivity index (χ3n) is 5.57. The standard InChI is InChI=1S/C25H27N5O4S/c1-27-25(32)19-14-28-22(30-24(31)16-7-8-16)13-21(19)29-20-6-4-5-18(23(20)34-2)15-9-11-17(12-10-15)35(3,26)33/h4-6,9-14,16,26H,7-8H2,1-3H3,(H,27,32)(H2,28,29,30,31)/i1D3. The second-order valence-electron chi connectivity index (χ2n) is 8.21. The predicted molar refractivity (Wildman–Crippen MR) is 136 cm³/mol. The molecule has 1 aromatic heterocycles. The molecule has 35 heavy (non-hydrogen) atoms. The molecule has 1 aliphatic rings. The highest BCUT2D eigenvalue weighted by Crippen LogP contribution is 2.39. The number of pyridine rings is 1. The first-order chi connectivity index (χ1) is 17.9. The first-order valence-corrected chi connectivity index (χ1v) is 12.7. The Morgan fingerprint density at radius 1 is 1.17 bits per heavy atom. The van der Waals surface area contributed by atoms with Crippen molar-refractivity contribution in [3.63, 3.8) is 0 Å². The molecule has 4 N–H and O–H groups in total. The van der Waals surface area contributed by atoms with Crippen molar-refractivity contribution in [3.8, 4) is 16.9 Å². The van der Waals surface area contributed by atoms with E-state index in [4.69, 9.17) is 13.6 Å². The molecule has 10 heteroatoms. The number of methoxy groups -OCH3 is 1. The summed E-state index contributed by atoms with van der Waals surface area (Å²) in [5.74, 6) is -0.477. The van der Waals surface area contributed by atoms with Crippen LogP contribution in [0.15, 0.2) is 59.6 Å². The van der Waals surface area contributed by atoms with Crippen LogP contribution in [0.4, 0.5) is 17.2 Å². The van der Waals surface area contributed by atoms with E-state index in [1.165, 1.54) is 25.6 Å². The molecule has 182 valence electrons. The minimum atomic E-state index is -2.86. The minimum Gasteiger partial charge on any atom is -0.494 e. The summed E-state index contributed by atoms with van der Waals surface area (Å²) in [6.07, 6.45) is 4.16. The predicted octanol–water partition coefficient (Wildman–Crippen LogP) is 4.24. The van der Waals surface area contributed by atoms with E-state index in [1.54, 1.807) is 36.4 Å². The van der Waals surface area contributed by atoms with Crippen LogP contribution in [0.3, 0.4) is 0 Å². The van der Waals surface area contributed by atoms with Crippen molar-refractivity contribution in [1.29, 1.82) is 4.78 Å².